The SMILES string of the molecule is CC1=C(C)C(C)(C)C(C)(C)C(C)C1. The largest absolute Gasteiger partial charge is 0.0736 e. The maximum Gasteiger partial charge on any atom is -0.00911 e. The summed E-state index contributed by atoms with van der Waals surface area (Å²) in [7, 11) is 0. The molecule has 1 aliphatic carbocycles. The smallest absolute Gasteiger partial charge is 0.00911 e. The number of rotatable bonds is 0. The zero-order chi connectivity index (χ0) is 10.4. The van der Waals surface area contributed by atoms with E-state index in [-0.39, 0.29) is 0 Å². The fraction of sp³-hybridized carbons (Fsp3) is 0.846. The van der Waals surface area contributed by atoms with Gasteiger partial charge in [0.2, 0.25) is 0 Å². The minimum absolute atomic E-state index is 0.356. The van der Waals surface area contributed by atoms with Crippen LogP contribution in [0.4, 0.5) is 0 Å². The predicted octanol–water partition coefficient (Wildman–Crippen LogP) is 4.42. The monoisotopic (exact) mass is 180 g/mol. The zero-order valence-corrected chi connectivity index (χ0v) is 10.3. The molecule has 0 radical (unpaired) electrons. The molecule has 1 rings (SSSR count). The second kappa shape index (κ2) is 2.87. The van der Waals surface area contributed by atoms with Crippen molar-refractivity contribution in [3.8, 4) is 0 Å². The van der Waals surface area contributed by atoms with Gasteiger partial charge in [-0.1, -0.05) is 45.8 Å². The lowest BCUT2D eigenvalue weighted by molar-refractivity contribution is 0.0636. The van der Waals surface area contributed by atoms with Crippen LogP contribution in [0.5, 0.6) is 0 Å². The Labute approximate surface area is 83.4 Å². The number of allylic oxidation sites excluding steroid dienone is 2. The van der Waals surface area contributed by atoms with Crippen molar-refractivity contribution in [2.24, 2.45) is 16.7 Å². The van der Waals surface area contributed by atoms with Crippen LogP contribution in [-0.2, 0) is 0 Å². The zero-order valence-electron chi connectivity index (χ0n) is 10.3. The molecule has 0 amide bonds. The lowest BCUT2D eigenvalue weighted by atomic mass is 9.54. The van der Waals surface area contributed by atoms with Crippen molar-refractivity contribution in [3.05, 3.63) is 11.1 Å². The second-order valence-electron chi connectivity index (χ2n) is 5.86. The molecule has 0 heteroatoms. The molecule has 0 aromatic carbocycles. The summed E-state index contributed by atoms with van der Waals surface area (Å²) in [6, 6.07) is 0. The molecule has 76 valence electrons. The van der Waals surface area contributed by atoms with Gasteiger partial charge in [0.05, 0.1) is 0 Å². The molecule has 1 aliphatic rings. The first-order chi connectivity index (χ1) is 5.71. The highest BCUT2D eigenvalue weighted by Crippen LogP contribution is 2.54. The molecule has 0 aromatic heterocycles. The molecule has 0 saturated heterocycles. The minimum Gasteiger partial charge on any atom is -0.0736 e. The molecule has 0 fully saturated rings. The third-order valence-electron chi connectivity index (χ3n) is 5.03. The van der Waals surface area contributed by atoms with E-state index < -0.39 is 0 Å². The van der Waals surface area contributed by atoms with Gasteiger partial charge in [0.15, 0.2) is 0 Å². The van der Waals surface area contributed by atoms with Gasteiger partial charge >= 0.3 is 0 Å². The van der Waals surface area contributed by atoms with Crippen molar-refractivity contribution in [1.29, 1.82) is 0 Å². The second-order valence-corrected chi connectivity index (χ2v) is 5.86. The summed E-state index contributed by atoms with van der Waals surface area (Å²) in [5.41, 5.74) is 4.00. The summed E-state index contributed by atoms with van der Waals surface area (Å²) in [6.07, 6.45) is 1.28. The summed E-state index contributed by atoms with van der Waals surface area (Å²) in [5.74, 6) is 0.797. The topological polar surface area (TPSA) is 0 Å². The van der Waals surface area contributed by atoms with E-state index in [1.807, 2.05) is 0 Å². The van der Waals surface area contributed by atoms with Crippen molar-refractivity contribution >= 4 is 0 Å². The first-order valence-electron chi connectivity index (χ1n) is 5.38. The molecule has 0 aliphatic heterocycles. The molecule has 13 heavy (non-hydrogen) atoms. The Kier molecular flexibility index (Phi) is 2.38. The van der Waals surface area contributed by atoms with Crippen LogP contribution in [0.1, 0.15) is 54.9 Å². The minimum atomic E-state index is 0.356. The Morgan fingerprint density at radius 3 is 2.00 bits per heavy atom. The molecule has 1 atom stereocenters. The van der Waals surface area contributed by atoms with E-state index in [2.05, 4.69) is 48.5 Å². The van der Waals surface area contributed by atoms with Gasteiger partial charge in [-0.15, -0.1) is 0 Å². The molecular weight excluding hydrogens is 156 g/mol. The average molecular weight is 180 g/mol. The average Bonchev–Trinajstić information content (AvgIpc) is 2.00. The Morgan fingerprint density at radius 1 is 1.08 bits per heavy atom. The highest BCUT2D eigenvalue weighted by molar-refractivity contribution is 5.25. The Balaban J connectivity index is 3.22. The van der Waals surface area contributed by atoms with E-state index in [1.165, 1.54) is 6.42 Å². The van der Waals surface area contributed by atoms with Gasteiger partial charge in [0.1, 0.15) is 0 Å². The molecule has 0 nitrogen and oxygen atoms in total. The number of hydrogen-bond donors (Lipinski definition) is 0. The van der Waals surface area contributed by atoms with Gasteiger partial charge < -0.3 is 0 Å². The molecule has 0 saturated carbocycles. The highest BCUT2D eigenvalue weighted by atomic mass is 14.5. The summed E-state index contributed by atoms with van der Waals surface area (Å²) < 4.78 is 0. The molecule has 0 spiro atoms. The van der Waals surface area contributed by atoms with Crippen molar-refractivity contribution in [2.45, 2.75) is 54.9 Å². The summed E-state index contributed by atoms with van der Waals surface area (Å²) in [4.78, 5) is 0. The molecule has 0 aromatic rings. The lowest BCUT2D eigenvalue weighted by Crippen LogP contribution is -2.42. The van der Waals surface area contributed by atoms with Gasteiger partial charge in [0, 0.05) is 0 Å². The summed E-state index contributed by atoms with van der Waals surface area (Å²) >= 11 is 0. The van der Waals surface area contributed by atoms with Crippen LogP contribution in [0.15, 0.2) is 11.1 Å². The van der Waals surface area contributed by atoms with Gasteiger partial charge in [-0.05, 0) is 37.0 Å². The molecular formula is C13H24. The fourth-order valence-corrected chi connectivity index (χ4v) is 2.50. The molecule has 0 bridgehead atoms. The lowest BCUT2D eigenvalue weighted by Gasteiger charge is -2.51. The standard InChI is InChI=1S/C13H24/c1-9-8-10(2)12(4,5)13(6,7)11(9)3/h10H,8H2,1-7H3. The van der Waals surface area contributed by atoms with E-state index in [9.17, 15) is 0 Å². The Bertz CT molecular complexity index is 241. The van der Waals surface area contributed by atoms with Crippen LogP contribution in [0, 0.1) is 16.7 Å². The van der Waals surface area contributed by atoms with Crippen molar-refractivity contribution in [2.75, 3.05) is 0 Å². The van der Waals surface area contributed by atoms with Gasteiger partial charge in [-0.2, -0.15) is 0 Å². The van der Waals surface area contributed by atoms with E-state index in [1.54, 1.807) is 11.1 Å². The molecule has 0 N–H and O–H groups in total. The van der Waals surface area contributed by atoms with Crippen molar-refractivity contribution in [1.82, 2.24) is 0 Å². The first kappa shape index (κ1) is 10.8. The van der Waals surface area contributed by atoms with Crippen molar-refractivity contribution in [3.63, 3.8) is 0 Å². The van der Waals surface area contributed by atoms with E-state index in [0.29, 0.717) is 10.8 Å². The third-order valence-corrected chi connectivity index (χ3v) is 5.03. The predicted molar refractivity (Wildman–Crippen MR) is 59.7 cm³/mol. The van der Waals surface area contributed by atoms with Crippen LogP contribution in [0.3, 0.4) is 0 Å². The third kappa shape index (κ3) is 1.35. The van der Waals surface area contributed by atoms with Gasteiger partial charge in [-0.3, -0.25) is 0 Å². The maximum atomic E-state index is 2.41. The quantitative estimate of drug-likeness (QED) is 0.484. The van der Waals surface area contributed by atoms with E-state index in [4.69, 9.17) is 0 Å². The van der Waals surface area contributed by atoms with Crippen LogP contribution < -0.4 is 0 Å². The van der Waals surface area contributed by atoms with Crippen molar-refractivity contribution < 1.29 is 0 Å². The Morgan fingerprint density at radius 2 is 1.54 bits per heavy atom. The summed E-state index contributed by atoms with van der Waals surface area (Å²) in [6.45, 7) is 16.6. The molecule has 0 heterocycles. The first-order valence-corrected chi connectivity index (χ1v) is 5.38. The highest BCUT2D eigenvalue weighted by Gasteiger charge is 2.45. The summed E-state index contributed by atoms with van der Waals surface area (Å²) in [5, 5.41) is 0. The normalized spacial score (nSPS) is 32.1. The van der Waals surface area contributed by atoms with Crippen LogP contribution >= 0.6 is 0 Å². The van der Waals surface area contributed by atoms with Crippen LogP contribution in [-0.4, -0.2) is 0 Å². The maximum absolute atomic E-state index is 2.41. The van der Waals surface area contributed by atoms with Crippen LogP contribution in [0.25, 0.3) is 0 Å². The van der Waals surface area contributed by atoms with Gasteiger partial charge in [0.25, 0.3) is 0 Å². The Hall–Kier alpha value is -0.260. The molecule has 1 unspecified atom stereocenters. The number of hydrogen-bond acceptors (Lipinski definition) is 0. The van der Waals surface area contributed by atoms with E-state index in [0.717, 1.165) is 5.92 Å². The van der Waals surface area contributed by atoms with Gasteiger partial charge in [-0.25, -0.2) is 0 Å². The van der Waals surface area contributed by atoms with Crippen LogP contribution in [0.2, 0.25) is 0 Å². The van der Waals surface area contributed by atoms with E-state index >= 15 is 0 Å². The fourth-order valence-electron chi connectivity index (χ4n) is 2.50.